The van der Waals surface area contributed by atoms with E-state index in [9.17, 15) is 0 Å². The van der Waals surface area contributed by atoms with E-state index >= 15 is 0 Å². The molecule has 0 radical (unpaired) electrons. The van der Waals surface area contributed by atoms with Crippen LogP contribution in [0.1, 0.15) is 12.8 Å². The molecule has 1 saturated heterocycles. The molecule has 0 aromatic rings. The minimum absolute atomic E-state index is 0.445. The first-order valence-electron chi connectivity index (χ1n) is 3.25. The van der Waals surface area contributed by atoms with Gasteiger partial charge in [0.1, 0.15) is 0 Å². The highest BCUT2D eigenvalue weighted by Crippen LogP contribution is 2.28. The molecule has 0 unspecified atom stereocenters. The molecule has 0 aromatic carbocycles. The molecule has 1 nitrogen and oxygen atoms in total. The Labute approximate surface area is 56.0 Å². The fraction of sp³-hybridized carbons (Fsp3) is 0.500. The fourth-order valence-corrected chi connectivity index (χ4v) is 0.922. The third-order valence-corrected chi connectivity index (χ3v) is 1.49. The quantitative estimate of drug-likeness (QED) is 0.412. The minimum Gasteiger partial charge on any atom is -0.369 e. The minimum atomic E-state index is 0.445. The van der Waals surface area contributed by atoms with Crippen molar-refractivity contribution in [2.24, 2.45) is 0 Å². The van der Waals surface area contributed by atoms with Gasteiger partial charge in [-0.15, -0.1) is 13.2 Å². The summed E-state index contributed by atoms with van der Waals surface area (Å²) in [5.41, 5.74) is 0. The predicted molar refractivity (Wildman–Crippen MR) is 38.3 cm³/mol. The van der Waals surface area contributed by atoms with E-state index in [1.165, 1.54) is 0 Å². The van der Waals surface area contributed by atoms with Gasteiger partial charge in [0.15, 0.2) is 0 Å². The largest absolute Gasteiger partial charge is 0.369 e. The summed E-state index contributed by atoms with van der Waals surface area (Å²) in [6.07, 6.45) is 6.65. The standard InChI is InChI=1S/C8H12O/c1-3-5-7-8(9-7)6-4-2/h3-4,7-8H,1-2,5-6H2/t7-,8+. The van der Waals surface area contributed by atoms with Crippen molar-refractivity contribution in [3.63, 3.8) is 0 Å². The molecule has 0 spiro atoms. The molecular formula is C8H12O. The Balaban J connectivity index is 2.09. The van der Waals surface area contributed by atoms with Crippen LogP contribution in [0.2, 0.25) is 0 Å². The van der Waals surface area contributed by atoms with Gasteiger partial charge in [0.25, 0.3) is 0 Å². The Morgan fingerprint density at radius 3 is 1.89 bits per heavy atom. The summed E-state index contributed by atoms with van der Waals surface area (Å²) in [4.78, 5) is 0. The van der Waals surface area contributed by atoms with Gasteiger partial charge >= 0.3 is 0 Å². The van der Waals surface area contributed by atoms with Crippen molar-refractivity contribution in [2.75, 3.05) is 0 Å². The van der Waals surface area contributed by atoms with Crippen LogP contribution < -0.4 is 0 Å². The van der Waals surface area contributed by atoms with E-state index in [4.69, 9.17) is 4.74 Å². The van der Waals surface area contributed by atoms with Crippen LogP contribution in [0.4, 0.5) is 0 Å². The molecule has 0 saturated carbocycles. The molecule has 0 N–H and O–H groups in total. The average Bonchev–Trinajstić information content (AvgIpc) is 2.50. The molecule has 1 rings (SSSR count). The second-order valence-corrected chi connectivity index (χ2v) is 2.26. The molecule has 1 fully saturated rings. The lowest BCUT2D eigenvalue weighted by Gasteiger charge is -1.81. The Morgan fingerprint density at radius 1 is 1.11 bits per heavy atom. The number of hydrogen-bond acceptors (Lipinski definition) is 1. The molecule has 0 amide bonds. The van der Waals surface area contributed by atoms with E-state index in [1.54, 1.807) is 0 Å². The van der Waals surface area contributed by atoms with E-state index in [2.05, 4.69) is 13.2 Å². The number of hydrogen-bond donors (Lipinski definition) is 0. The number of ether oxygens (including phenoxy) is 1. The Kier molecular flexibility index (Phi) is 2.06. The maximum atomic E-state index is 5.26. The molecule has 1 aliphatic heterocycles. The van der Waals surface area contributed by atoms with Crippen molar-refractivity contribution in [2.45, 2.75) is 25.0 Å². The monoisotopic (exact) mass is 124 g/mol. The van der Waals surface area contributed by atoms with Crippen molar-refractivity contribution in [1.29, 1.82) is 0 Å². The van der Waals surface area contributed by atoms with Crippen LogP contribution in [0.5, 0.6) is 0 Å². The van der Waals surface area contributed by atoms with Gasteiger partial charge in [-0.1, -0.05) is 12.2 Å². The van der Waals surface area contributed by atoms with Crippen LogP contribution in [0.15, 0.2) is 25.3 Å². The molecular weight excluding hydrogens is 112 g/mol. The zero-order valence-corrected chi connectivity index (χ0v) is 5.55. The first-order valence-corrected chi connectivity index (χ1v) is 3.25. The van der Waals surface area contributed by atoms with Gasteiger partial charge < -0.3 is 4.74 Å². The first kappa shape index (κ1) is 6.56. The average molecular weight is 124 g/mol. The third kappa shape index (κ3) is 1.68. The second kappa shape index (κ2) is 2.83. The van der Waals surface area contributed by atoms with Gasteiger partial charge in [0.2, 0.25) is 0 Å². The maximum Gasteiger partial charge on any atom is 0.0879 e. The molecule has 0 bridgehead atoms. The van der Waals surface area contributed by atoms with Crippen LogP contribution in [-0.4, -0.2) is 12.2 Å². The summed E-state index contributed by atoms with van der Waals surface area (Å²) < 4.78 is 5.26. The highest BCUT2D eigenvalue weighted by Gasteiger charge is 2.35. The van der Waals surface area contributed by atoms with Crippen LogP contribution in [-0.2, 0) is 4.74 Å². The predicted octanol–water partition coefficient (Wildman–Crippen LogP) is 1.91. The molecule has 50 valence electrons. The van der Waals surface area contributed by atoms with Crippen LogP contribution in [0.3, 0.4) is 0 Å². The zero-order valence-electron chi connectivity index (χ0n) is 5.55. The van der Waals surface area contributed by atoms with Gasteiger partial charge in [0.05, 0.1) is 12.2 Å². The summed E-state index contributed by atoms with van der Waals surface area (Å²) in [7, 11) is 0. The van der Waals surface area contributed by atoms with Crippen molar-refractivity contribution >= 4 is 0 Å². The summed E-state index contributed by atoms with van der Waals surface area (Å²) in [6.45, 7) is 7.26. The third-order valence-electron chi connectivity index (χ3n) is 1.49. The van der Waals surface area contributed by atoms with Gasteiger partial charge in [-0.05, 0) is 12.8 Å². The number of epoxide rings is 1. The van der Waals surface area contributed by atoms with E-state index in [-0.39, 0.29) is 0 Å². The summed E-state index contributed by atoms with van der Waals surface area (Å²) >= 11 is 0. The molecule has 1 aliphatic rings. The molecule has 0 aliphatic carbocycles. The van der Waals surface area contributed by atoms with E-state index in [0.717, 1.165) is 12.8 Å². The van der Waals surface area contributed by atoms with E-state index in [0.29, 0.717) is 12.2 Å². The number of rotatable bonds is 4. The Morgan fingerprint density at radius 2 is 1.56 bits per heavy atom. The van der Waals surface area contributed by atoms with Crippen molar-refractivity contribution in [1.82, 2.24) is 0 Å². The molecule has 2 atom stereocenters. The smallest absolute Gasteiger partial charge is 0.0879 e. The summed E-state index contributed by atoms with van der Waals surface area (Å²) in [5, 5.41) is 0. The summed E-state index contributed by atoms with van der Waals surface area (Å²) in [5.74, 6) is 0. The Bertz CT molecular complexity index is 104. The Hall–Kier alpha value is -0.560. The topological polar surface area (TPSA) is 12.5 Å². The SMILES string of the molecule is C=CC[C@@H]1O[C@@H]1CC=C. The normalized spacial score (nSPS) is 31.6. The highest BCUT2D eigenvalue weighted by atomic mass is 16.6. The van der Waals surface area contributed by atoms with Gasteiger partial charge in [0, 0.05) is 0 Å². The van der Waals surface area contributed by atoms with Gasteiger partial charge in [-0.2, -0.15) is 0 Å². The second-order valence-electron chi connectivity index (χ2n) is 2.26. The maximum absolute atomic E-state index is 5.26. The lowest BCUT2D eigenvalue weighted by atomic mass is 10.2. The summed E-state index contributed by atoms with van der Waals surface area (Å²) in [6, 6.07) is 0. The molecule has 0 aromatic heterocycles. The van der Waals surface area contributed by atoms with Crippen molar-refractivity contribution in [3.05, 3.63) is 25.3 Å². The lowest BCUT2D eigenvalue weighted by molar-refractivity contribution is 0.372. The van der Waals surface area contributed by atoms with Crippen molar-refractivity contribution in [3.8, 4) is 0 Å². The highest BCUT2D eigenvalue weighted by molar-refractivity contribution is 4.93. The molecule has 9 heavy (non-hydrogen) atoms. The van der Waals surface area contributed by atoms with Gasteiger partial charge in [-0.25, -0.2) is 0 Å². The van der Waals surface area contributed by atoms with Crippen LogP contribution in [0.25, 0.3) is 0 Å². The molecule has 1 heteroatoms. The van der Waals surface area contributed by atoms with E-state index < -0.39 is 0 Å². The van der Waals surface area contributed by atoms with Crippen molar-refractivity contribution < 1.29 is 4.74 Å². The fourth-order valence-electron chi connectivity index (χ4n) is 0.922. The van der Waals surface area contributed by atoms with Crippen LogP contribution >= 0.6 is 0 Å². The first-order chi connectivity index (χ1) is 4.38. The van der Waals surface area contributed by atoms with Gasteiger partial charge in [-0.3, -0.25) is 0 Å². The lowest BCUT2D eigenvalue weighted by Crippen LogP contribution is -1.88. The van der Waals surface area contributed by atoms with Crippen LogP contribution in [0, 0.1) is 0 Å². The van der Waals surface area contributed by atoms with E-state index in [1.807, 2.05) is 12.2 Å². The zero-order chi connectivity index (χ0) is 6.69. The molecule has 1 heterocycles.